The summed E-state index contributed by atoms with van der Waals surface area (Å²) in [5, 5.41) is 0. The minimum absolute atomic E-state index is 0.0694. The normalized spacial score (nSPS) is 12.2. The number of unbranched alkanes of at least 4 members (excludes halogenated alkanes) is 48. The molecule has 0 aromatic carbocycles. The van der Waals surface area contributed by atoms with Gasteiger partial charge in [-0.05, 0) is 77.0 Å². The predicted molar refractivity (Wildman–Crippen MR) is 339 cm³/mol. The van der Waals surface area contributed by atoms with Gasteiger partial charge in [-0.25, -0.2) is 0 Å². The summed E-state index contributed by atoms with van der Waals surface area (Å²) >= 11 is 0. The van der Waals surface area contributed by atoms with Crippen LogP contribution in [0.3, 0.4) is 0 Å². The highest BCUT2D eigenvalue weighted by Gasteiger charge is 2.19. The zero-order valence-corrected chi connectivity index (χ0v) is 52.7. The second-order valence-corrected chi connectivity index (χ2v) is 23.8. The van der Waals surface area contributed by atoms with Crippen molar-refractivity contribution in [2.24, 2.45) is 0 Å². The highest BCUT2D eigenvalue weighted by molar-refractivity contribution is 5.71. The fourth-order valence-corrected chi connectivity index (χ4v) is 10.6. The number of allylic oxidation sites excluding steroid dienone is 6. The van der Waals surface area contributed by atoms with Gasteiger partial charge in [0.15, 0.2) is 6.10 Å². The Morgan fingerprint density at radius 2 is 0.462 bits per heavy atom. The SMILES string of the molecule is CCCCCCC/C=C\C/C=C\CCCCCCCCCCCCCCCCCCCCCCCCCC(=O)OCC(COC(=O)CCCCCCCCCCCC)OC(=O)CCCCCCC/C=C\CCCCCCCC. The number of hydrogen-bond donors (Lipinski definition) is 0. The molecule has 0 aliphatic heterocycles. The molecule has 0 saturated heterocycles. The molecule has 0 amide bonds. The smallest absolute Gasteiger partial charge is 0.306 e. The standard InChI is InChI=1S/C72H134O6/c1-4-7-10-13-16-19-22-24-26-27-28-29-30-31-32-33-34-35-36-37-38-39-40-41-42-43-44-45-47-48-50-53-56-59-62-65-71(74)77-68-69(67-76-70(73)64-61-58-55-52-21-18-15-12-9-6-3)78-72(75)66-63-60-57-54-51-49-46-25-23-20-17-14-11-8-5-2/h22,24-25,27-28,46,69H,4-21,23,26,29-45,47-68H2,1-3H3/b24-22-,28-27-,46-25-. The lowest BCUT2D eigenvalue weighted by molar-refractivity contribution is -0.167. The number of ether oxygens (including phenoxy) is 3. The minimum atomic E-state index is -0.771. The molecular formula is C72H134O6. The van der Waals surface area contributed by atoms with Crippen LogP contribution < -0.4 is 0 Å². The lowest BCUT2D eigenvalue weighted by atomic mass is 10.0. The zero-order valence-electron chi connectivity index (χ0n) is 52.7. The molecule has 0 saturated carbocycles. The Morgan fingerprint density at radius 1 is 0.256 bits per heavy atom. The molecule has 0 radical (unpaired) electrons. The minimum Gasteiger partial charge on any atom is -0.462 e. The van der Waals surface area contributed by atoms with Gasteiger partial charge in [-0.3, -0.25) is 14.4 Å². The second-order valence-electron chi connectivity index (χ2n) is 23.8. The molecule has 1 atom stereocenters. The molecule has 0 aromatic rings. The monoisotopic (exact) mass is 1100 g/mol. The summed E-state index contributed by atoms with van der Waals surface area (Å²) in [7, 11) is 0. The Morgan fingerprint density at radius 3 is 0.718 bits per heavy atom. The predicted octanol–water partition coefficient (Wildman–Crippen LogP) is 23.9. The maximum Gasteiger partial charge on any atom is 0.306 e. The van der Waals surface area contributed by atoms with E-state index in [0.29, 0.717) is 19.3 Å². The van der Waals surface area contributed by atoms with E-state index in [2.05, 4.69) is 57.2 Å². The largest absolute Gasteiger partial charge is 0.462 e. The van der Waals surface area contributed by atoms with Crippen LogP contribution in [0.4, 0.5) is 0 Å². The first kappa shape index (κ1) is 75.6. The van der Waals surface area contributed by atoms with E-state index < -0.39 is 6.10 Å². The third kappa shape index (κ3) is 64.5. The molecule has 458 valence electrons. The molecule has 6 nitrogen and oxygen atoms in total. The van der Waals surface area contributed by atoms with Gasteiger partial charge in [-0.2, -0.15) is 0 Å². The quantitative estimate of drug-likeness (QED) is 0.0261. The van der Waals surface area contributed by atoms with E-state index >= 15 is 0 Å². The van der Waals surface area contributed by atoms with E-state index in [4.69, 9.17) is 14.2 Å². The van der Waals surface area contributed by atoms with E-state index in [1.165, 1.54) is 276 Å². The number of carbonyl (C=O) groups is 3. The molecule has 0 N–H and O–H groups in total. The molecule has 0 aromatic heterocycles. The summed E-state index contributed by atoms with van der Waals surface area (Å²) in [6.07, 6.45) is 83.4. The van der Waals surface area contributed by atoms with Gasteiger partial charge in [0.2, 0.25) is 0 Å². The Balaban J connectivity index is 3.99. The van der Waals surface area contributed by atoms with Crippen LogP contribution in [0.5, 0.6) is 0 Å². The van der Waals surface area contributed by atoms with Crippen LogP contribution in [-0.4, -0.2) is 37.2 Å². The number of esters is 3. The van der Waals surface area contributed by atoms with E-state index in [-0.39, 0.29) is 31.1 Å². The molecule has 0 bridgehead atoms. The third-order valence-corrected chi connectivity index (χ3v) is 15.9. The number of rotatable bonds is 65. The molecule has 0 fully saturated rings. The van der Waals surface area contributed by atoms with Gasteiger partial charge in [-0.1, -0.05) is 327 Å². The molecule has 0 aliphatic carbocycles. The van der Waals surface area contributed by atoms with E-state index in [1.54, 1.807) is 0 Å². The first-order chi connectivity index (χ1) is 38.5. The molecule has 0 heterocycles. The number of carbonyl (C=O) groups excluding carboxylic acids is 3. The van der Waals surface area contributed by atoms with Crippen LogP contribution in [0.1, 0.15) is 387 Å². The van der Waals surface area contributed by atoms with Crippen molar-refractivity contribution >= 4 is 17.9 Å². The summed E-state index contributed by atoms with van der Waals surface area (Å²) in [5.74, 6) is -0.855. The second kappa shape index (κ2) is 67.1. The van der Waals surface area contributed by atoms with E-state index in [1.807, 2.05) is 0 Å². The van der Waals surface area contributed by atoms with Gasteiger partial charge in [0.25, 0.3) is 0 Å². The van der Waals surface area contributed by atoms with Crippen molar-refractivity contribution in [1.29, 1.82) is 0 Å². The first-order valence-electron chi connectivity index (χ1n) is 35.0. The molecular weight excluding hydrogens is 961 g/mol. The third-order valence-electron chi connectivity index (χ3n) is 15.9. The molecule has 1 unspecified atom stereocenters. The lowest BCUT2D eigenvalue weighted by Crippen LogP contribution is -2.30. The lowest BCUT2D eigenvalue weighted by Gasteiger charge is -2.18. The van der Waals surface area contributed by atoms with Gasteiger partial charge in [0.1, 0.15) is 13.2 Å². The Hall–Kier alpha value is -2.37. The summed E-state index contributed by atoms with van der Waals surface area (Å²) in [6.45, 7) is 6.66. The van der Waals surface area contributed by atoms with Gasteiger partial charge in [0.05, 0.1) is 0 Å². The van der Waals surface area contributed by atoms with Crippen molar-refractivity contribution in [3.63, 3.8) is 0 Å². The molecule has 0 spiro atoms. The summed E-state index contributed by atoms with van der Waals surface area (Å²) in [4.78, 5) is 38.2. The highest BCUT2D eigenvalue weighted by Crippen LogP contribution is 2.18. The van der Waals surface area contributed by atoms with Crippen molar-refractivity contribution in [3.05, 3.63) is 36.5 Å². The van der Waals surface area contributed by atoms with Crippen LogP contribution in [0, 0.1) is 0 Å². The van der Waals surface area contributed by atoms with Crippen molar-refractivity contribution in [3.8, 4) is 0 Å². The van der Waals surface area contributed by atoms with Crippen LogP contribution in [0.15, 0.2) is 36.5 Å². The fourth-order valence-electron chi connectivity index (χ4n) is 10.6. The zero-order chi connectivity index (χ0) is 56.4. The maximum absolute atomic E-state index is 12.9. The topological polar surface area (TPSA) is 78.9 Å². The molecule has 0 rings (SSSR count). The Labute approximate surface area is 486 Å². The maximum atomic E-state index is 12.9. The van der Waals surface area contributed by atoms with Crippen molar-refractivity contribution < 1.29 is 28.6 Å². The van der Waals surface area contributed by atoms with E-state index in [9.17, 15) is 14.4 Å². The van der Waals surface area contributed by atoms with Crippen LogP contribution in [-0.2, 0) is 28.6 Å². The van der Waals surface area contributed by atoms with Crippen molar-refractivity contribution in [2.75, 3.05) is 13.2 Å². The van der Waals surface area contributed by atoms with E-state index in [0.717, 1.165) is 70.6 Å². The highest BCUT2D eigenvalue weighted by atomic mass is 16.6. The summed E-state index contributed by atoms with van der Waals surface area (Å²) in [5.41, 5.74) is 0. The van der Waals surface area contributed by atoms with Crippen LogP contribution in [0.2, 0.25) is 0 Å². The van der Waals surface area contributed by atoms with Crippen LogP contribution in [0.25, 0.3) is 0 Å². The Kier molecular flexibility index (Phi) is 65.1. The Bertz CT molecular complexity index is 1300. The summed E-state index contributed by atoms with van der Waals surface area (Å²) in [6, 6.07) is 0. The fraction of sp³-hybridized carbons (Fsp3) is 0.875. The first-order valence-corrected chi connectivity index (χ1v) is 35.0. The molecule has 78 heavy (non-hydrogen) atoms. The van der Waals surface area contributed by atoms with Gasteiger partial charge < -0.3 is 14.2 Å². The van der Waals surface area contributed by atoms with Gasteiger partial charge in [0, 0.05) is 19.3 Å². The van der Waals surface area contributed by atoms with Crippen molar-refractivity contribution in [2.45, 2.75) is 393 Å². The van der Waals surface area contributed by atoms with Gasteiger partial charge in [-0.15, -0.1) is 0 Å². The molecule has 6 heteroatoms. The average Bonchev–Trinajstić information content (AvgIpc) is 3.44. The van der Waals surface area contributed by atoms with Gasteiger partial charge >= 0.3 is 17.9 Å². The van der Waals surface area contributed by atoms with Crippen LogP contribution >= 0.6 is 0 Å². The average molecular weight is 1100 g/mol. The molecule has 0 aliphatic rings. The number of hydrogen-bond acceptors (Lipinski definition) is 6. The van der Waals surface area contributed by atoms with Crippen molar-refractivity contribution in [1.82, 2.24) is 0 Å². The summed E-state index contributed by atoms with van der Waals surface area (Å²) < 4.78 is 16.9.